The molecule has 0 radical (unpaired) electrons. The molecule has 1 N–H and O–H groups in total. The van der Waals surface area contributed by atoms with Crippen molar-refractivity contribution in [3.8, 4) is 5.75 Å². The minimum atomic E-state index is -0.873. The Bertz CT molecular complexity index is 1080. The summed E-state index contributed by atoms with van der Waals surface area (Å²) in [6.07, 6.45) is 1.29. The van der Waals surface area contributed by atoms with Crippen LogP contribution in [0.1, 0.15) is 12.5 Å². The van der Waals surface area contributed by atoms with Crippen LogP contribution in [0.5, 0.6) is 5.75 Å². The first-order valence-corrected chi connectivity index (χ1v) is 10.2. The minimum Gasteiger partial charge on any atom is -0.481 e. The van der Waals surface area contributed by atoms with Crippen LogP contribution in [0.15, 0.2) is 52.5 Å². The molecule has 0 aliphatic carbocycles. The number of urea groups is 1. The lowest BCUT2D eigenvalue weighted by molar-refractivity contribution is -0.145. The summed E-state index contributed by atoms with van der Waals surface area (Å²) in [7, 11) is 0. The molecule has 160 valence electrons. The van der Waals surface area contributed by atoms with Crippen LogP contribution in [0.4, 0.5) is 10.5 Å². The highest BCUT2D eigenvalue weighted by atomic mass is 79.9. The van der Waals surface area contributed by atoms with Gasteiger partial charge in [-0.3, -0.25) is 14.9 Å². The first kappa shape index (κ1) is 22.5. The monoisotopic (exact) mass is 506 g/mol. The number of carbonyl (C=O) groups excluding carboxylic acids is 4. The number of hydrogen-bond acceptors (Lipinski definition) is 6. The van der Waals surface area contributed by atoms with Gasteiger partial charge in [-0.05, 0) is 55.5 Å². The number of rotatable bonds is 6. The molecule has 1 heterocycles. The molecule has 31 heavy (non-hydrogen) atoms. The average molecular weight is 508 g/mol. The molecule has 8 nitrogen and oxygen atoms in total. The summed E-state index contributed by atoms with van der Waals surface area (Å²) >= 11 is 9.19. The van der Waals surface area contributed by atoms with Crippen molar-refractivity contribution in [1.29, 1.82) is 0 Å². The Morgan fingerprint density at radius 1 is 1.16 bits per heavy atom. The maximum Gasteiger partial charge on any atom is 0.344 e. The zero-order chi connectivity index (χ0) is 22.5. The lowest BCUT2D eigenvalue weighted by Gasteiger charge is -2.26. The van der Waals surface area contributed by atoms with Crippen LogP contribution < -0.4 is 15.0 Å². The quantitative estimate of drug-likeness (QED) is 0.363. The highest BCUT2D eigenvalue weighted by Crippen LogP contribution is 2.28. The van der Waals surface area contributed by atoms with E-state index in [4.69, 9.17) is 21.1 Å². The second kappa shape index (κ2) is 9.76. The van der Waals surface area contributed by atoms with Crippen molar-refractivity contribution in [1.82, 2.24) is 5.32 Å². The average Bonchev–Trinajstić information content (AvgIpc) is 2.72. The van der Waals surface area contributed by atoms with Crippen LogP contribution in [0.25, 0.3) is 6.08 Å². The first-order chi connectivity index (χ1) is 14.8. The van der Waals surface area contributed by atoms with Crippen molar-refractivity contribution in [2.75, 3.05) is 18.1 Å². The Morgan fingerprint density at radius 2 is 1.87 bits per heavy atom. The maximum absolute atomic E-state index is 13.0. The number of imide groups is 2. The van der Waals surface area contributed by atoms with Gasteiger partial charge in [-0.15, -0.1) is 0 Å². The van der Waals surface area contributed by atoms with E-state index in [0.29, 0.717) is 15.1 Å². The lowest BCUT2D eigenvalue weighted by Crippen LogP contribution is -2.54. The molecule has 2 aromatic rings. The molecule has 1 fully saturated rings. The fourth-order valence-electron chi connectivity index (χ4n) is 2.74. The fourth-order valence-corrected chi connectivity index (χ4v) is 3.25. The smallest absolute Gasteiger partial charge is 0.344 e. The number of ether oxygens (including phenoxy) is 2. The summed E-state index contributed by atoms with van der Waals surface area (Å²) in [5, 5.41) is 2.57. The lowest BCUT2D eigenvalue weighted by atomic mass is 10.1. The van der Waals surface area contributed by atoms with E-state index in [1.165, 1.54) is 30.3 Å². The van der Waals surface area contributed by atoms with Gasteiger partial charge in [-0.25, -0.2) is 14.5 Å². The van der Waals surface area contributed by atoms with Crippen LogP contribution >= 0.6 is 27.5 Å². The Morgan fingerprint density at radius 3 is 2.55 bits per heavy atom. The van der Waals surface area contributed by atoms with Crippen LogP contribution in [0.2, 0.25) is 5.02 Å². The van der Waals surface area contributed by atoms with Crippen LogP contribution in [0.3, 0.4) is 0 Å². The van der Waals surface area contributed by atoms with E-state index in [0.717, 1.165) is 4.90 Å². The van der Waals surface area contributed by atoms with Gasteiger partial charge >= 0.3 is 12.0 Å². The van der Waals surface area contributed by atoms with Gasteiger partial charge < -0.3 is 9.47 Å². The standard InChI is InChI=1S/C21H16BrClN2O6/c1-2-30-18(26)11-31-17-8-3-13(22)9-12(17)10-16-19(27)24-21(29)25(20(16)28)15-6-4-14(23)5-7-15/h3-10H,2,11H2,1H3,(H,24,27,29)/b16-10-. The van der Waals surface area contributed by atoms with Gasteiger partial charge in [0, 0.05) is 15.1 Å². The number of hydrogen-bond donors (Lipinski definition) is 1. The second-order valence-corrected chi connectivity index (χ2v) is 7.56. The molecule has 1 aliphatic heterocycles. The van der Waals surface area contributed by atoms with Gasteiger partial charge in [0.15, 0.2) is 6.61 Å². The molecule has 0 aromatic heterocycles. The fraction of sp³-hybridized carbons (Fsp3) is 0.143. The SMILES string of the molecule is CCOC(=O)COc1ccc(Br)cc1/C=C1/C(=O)NC(=O)N(c2ccc(Cl)cc2)C1=O. The van der Waals surface area contributed by atoms with E-state index < -0.39 is 23.8 Å². The third-order valence-corrected chi connectivity index (χ3v) is 4.85. The molecule has 0 spiro atoms. The van der Waals surface area contributed by atoms with Gasteiger partial charge in [0.2, 0.25) is 0 Å². The van der Waals surface area contributed by atoms with E-state index in [1.54, 1.807) is 25.1 Å². The molecule has 1 saturated heterocycles. The molecule has 2 aromatic carbocycles. The number of esters is 1. The van der Waals surface area contributed by atoms with Crippen molar-refractivity contribution < 1.29 is 28.7 Å². The van der Waals surface area contributed by atoms with E-state index in [1.807, 2.05) is 0 Å². The number of barbiturate groups is 1. The number of halogens is 2. The van der Waals surface area contributed by atoms with Gasteiger partial charge in [-0.1, -0.05) is 27.5 Å². The van der Waals surface area contributed by atoms with E-state index >= 15 is 0 Å². The van der Waals surface area contributed by atoms with Crippen molar-refractivity contribution in [2.45, 2.75) is 6.92 Å². The van der Waals surface area contributed by atoms with Gasteiger partial charge in [0.25, 0.3) is 11.8 Å². The van der Waals surface area contributed by atoms with Crippen LogP contribution in [0, 0.1) is 0 Å². The normalized spacial score (nSPS) is 15.1. The van der Waals surface area contributed by atoms with Crippen molar-refractivity contribution >= 4 is 63.1 Å². The summed E-state index contributed by atoms with van der Waals surface area (Å²) in [6, 6.07) is 10.00. The molecule has 0 atom stereocenters. The molecule has 1 aliphatic rings. The summed E-state index contributed by atoms with van der Waals surface area (Å²) in [6.45, 7) is 1.54. The van der Waals surface area contributed by atoms with E-state index in [9.17, 15) is 19.2 Å². The molecular formula is C21H16BrClN2O6. The third kappa shape index (κ3) is 5.31. The summed E-state index contributed by atoms with van der Waals surface area (Å²) in [4.78, 5) is 50.1. The van der Waals surface area contributed by atoms with E-state index in [2.05, 4.69) is 21.2 Å². The first-order valence-electron chi connectivity index (χ1n) is 9.05. The van der Waals surface area contributed by atoms with E-state index in [-0.39, 0.29) is 30.2 Å². The number of nitrogens with zero attached hydrogens (tertiary/aromatic N) is 1. The van der Waals surface area contributed by atoms with Crippen LogP contribution in [-0.4, -0.2) is 37.0 Å². The molecule has 0 saturated carbocycles. The van der Waals surface area contributed by atoms with Crippen molar-refractivity contribution in [3.05, 3.63) is 63.1 Å². The second-order valence-electron chi connectivity index (χ2n) is 6.21. The van der Waals surface area contributed by atoms with Crippen LogP contribution in [-0.2, 0) is 19.1 Å². The number of benzene rings is 2. The Kier molecular flexibility index (Phi) is 7.09. The summed E-state index contributed by atoms with van der Waals surface area (Å²) in [5.74, 6) is -1.97. The minimum absolute atomic E-state index is 0.211. The topological polar surface area (TPSA) is 102 Å². The maximum atomic E-state index is 13.0. The number of anilines is 1. The largest absolute Gasteiger partial charge is 0.481 e. The Hall–Kier alpha value is -3.17. The molecule has 10 heteroatoms. The predicted octanol–water partition coefficient (Wildman–Crippen LogP) is 3.71. The number of amides is 4. The van der Waals surface area contributed by atoms with Crippen molar-refractivity contribution in [3.63, 3.8) is 0 Å². The Labute approximate surface area is 190 Å². The van der Waals surface area contributed by atoms with Gasteiger partial charge in [0.1, 0.15) is 11.3 Å². The van der Waals surface area contributed by atoms with Crippen molar-refractivity contribution in [2.24, 2.45) is 0 Å². The van der Waals surface area contributed by atoms with Gasteiger partial charge in [-0.2, -0.15) is 0 Å². The molecule has 3 rings (SSSR count). The van der Waals surface area contributed by atoms with Gasteiger partial charge in [0.05, 0.1) is 12.3 Å². The summed E-state index contributed by atoms with van der Waals surface area (Å²) in [5.41, 5.74) is 0.314. The molecule has 4 amide bonds. The number of carbonyl (C=O) groups is 4. The predicted molar refractivity (Wildman–Crippen MR) is 117 cm³/mol. The molecular weight excluding hydrogens is 492 g/mol. The zero-order valence-electron chi connectivity index (χ0n) is 16.2. The Balaban J connectivity index is 1.95. The summed E-state index contributed by atoms with van der Waals surface area (Å²) < 4.78 is 11.0. The zero-order valence-corrected chi connectivity index (χ0v) is 18.5. The molecule has 0 bridgehead atoms. The number of nitrogens with one attached hydrogen (secondary N) is 1. The molecule has 0 unspecified atom stereocenters. The highest BCUT2D eigenvalue weighted by Gasteiger charge is 2.37. The highest BCUT2D eigenvalue weighted by molar-refractivity contribution is 9.10. The third-order valence-electron chi connectivity index (χ3n) is 4.11.